The first-order chi connectivity index (χ1) is 15.0. The minimum Gasteiger partial charge on any atom is -0.493 e. The van der Waals surface area contributed by atoms with Crippen molar-refractivity contribution in [3.63, 3.8) is 0 Å². The maximum atomic E-state index is 12.9. The molecule has 0 aliphatic rings. The SMILES string of the molecule is COc1cc(/C=N/NC(=O)c2ccc(F)cc2)ccc1OC(=O)/C=C/c1ccccc1. The number of hydrazone groups is 1. The average molecular weight is 418 g/mol. The fourth-order valence-electron chi connectivity index (χ4n) is 2.55. The Morgan fingerprint density at radius 3 is 2.39 bits per heavy atom. The number of rotatable bonds is 7. The molecule has 1 N–H and O–H groups in total. The van der Waals surface area contributed by atoms with Crippen LogP contribution < -0.4 is 14.9 Å². The summed E-state index contributed by atoms with van der Waals surface area (Å²) in [6.07, 6.45) is 4.39. The predicted molar refractivity (Wildman–Crippen MR) is 116 cm³/mol. The van der Waals surface area contributed by atoms with Gasteiger partial charge in [0.05, 0.1) is 13.3 Å². The summed E-state index contributed by atoms with van der Waals surface area (Å²) in [5.41, 5.74) is 4.12. The molecule has 0 radical (unpaired) electrons. The number of hydrogen-bond donors (Lipinski definition) is 1. The Morgan fingerprint density at radius 2 is 1.68 bits per heavy atom. The summed E-state index contributed by atoms with van der Waals surface area (Å²) in [5.74, 6) is -0.870. The topological polar surface area (TPSA) is 77.0 Å². The highest BCUT2D eigenvalue weighted by Gasteiger charge is 2.09. The summed E-state index contributed by atoms with van der Waals surface area (Å²) < 4.78 is 23.5. The smallest absolute Gasteiger partial charge is 0.336 e. The Bertz CT molecular complexity index is 1110. The molecule has 0 spiro atoms. The van der Waals surface area contributed by atoms with E-state index in [-0.39, 0.29) is 11.3 Å². The van der Waals surface area contributed by atoms with Gasteiger partial charge in [-0.2, -0.15) is 5.10 Å². The zero-order valence-corrected chi connectivity index (χ0v) is 16.6. The minimum atomic E-state index is -0.546. The molecule has 0 unspecified atom stereocenters. The number of benzene rings is 3. The van der Waals surface area contributed by atoms with Gasteiger partial charge < -0.3 is 9.47 Å². The molecule has 3 aromatic carbocycles. The second-order valence-corrected chi connectivity index (χ2v) is 6.28. The molecular formula is C24H19FN2O4. The maximum Gasteiger partial charge on any atom is 0.336 e. The summed E-state index contributed by atoms with van der Waals surface area (Å²) in [7, 11) is 1.45. The van der Waals surface area contributed by atoms with E-state index in [1.54, 1.807) is 24.3 Å². The van der Waals surface area contributed by atoms with Gasteiger partial charge in [0.1, 0.15) is 5.82 Å². The average Bonchev–Trinajstić information content (AvgIpc) is 2.79. The van der Waals surface area contributed by atoms with Crippen LogP contribution in [0.3, 0.4) is 0 Å². The van der Waals surface area contributed by atoms with E-state index in [2.05, 4.69) is 10.5 Å². The van der Waals surface area contributed by atoms with E-state index in [0.29, 0.717) is 11.3 Å². The number of carbonyl (C=O) groups is 2. The van der Waals surface area contributed by atoms with Crippen LogP contribution in [-0.4, -0.2) is 25.2 Å². The first-order valence-corrected chi connectivity index (χ1v) is 9.27. The van der Waals surface area contributed by atoms with Crippen LogP contribution in [0.5, 0.6) is 11.5 Å². The number of hydrogen-bond acceptors (Lipinski definition) is 5. The van der Waals surface area contributed by atoms with Gasteiger partial charge in [-0.1, -0.05) is 30.3 Å². The van der Waals surface area contributed by atoms with Gasteiger partial charge in [-0.3, -0.25) is 4.79 Å². The zero-order valence-electron chi connectivity index (χ0n) is 16.6. The van der Waals surface area contributed by atoms with Crippen molar-refractivity contribution in [2.45, 2.75) is 0 Å². The van der Waals surface area contributed by atoms with Crippen LogP contribution in [0.15, 0.2) is 84.0 Å². The second kappa shape index (κ2) is 10.5. The van der Waals surface area contributed by atoms with Crippen LogP contribution >= 0.6 is 0 Å². The molecule has 0 fully saturated rings. The molecule has 3 aromatic rings. The van der Waals surface area contributed by atoms with Gasteiger partial charge in [0.2, 0.25) is 0 Å². The van der Waals surface area contributed by atoms with Gasteiger partial charge in [-0.05, 0) is 59.7 Å². The molecule has 0 saturated carbocycles. The summed E-state index contributed by atoms with van der Waals surface area (Å²) >= 11 is 0. The lowest BCUT2D eigenvalue weighted by molar-refractivity contribution is -0.129. The van der Waals surface area contributed by atoms with E-state index >= 15 is 0 Å². The third-order valence-corrected chi connectivity index (χ3v) is 4.10. The molecular weight excluding hydrogens is 399 g/mol. The van der Waals surface area contributed by atoms with Crippen LogP contribution in [0.1, 0.15) is 21.5 Å². The third-order valence-electron chi connectivity index (χ3n) is 4.10. The van der Waals surface area contributed by atoms with E-state index in [9.17, 15) is 14.0 Å². The fourth-order valence-corrected chi connectivity index (χ4v) is 2.55. The van der Waals surface area contributed by atoms with Crippen molar-refractivity contribution < 1.29 is 23.5 Å². The third kappa shape index (κ3) is 6.37. The van der Waals surface area contributed by atoms with Crippen molar-refractivity contribution in [3.05, 3.63) is 101 Å². The predicted octanol–water partition coefficient (Wildman–Crippen LogP) is 4.22. The molecule has 0 atom stereocenters. The lowest BCUT2D eigenvalue weighted by Crippen LogP contribution is -2.17. The van der Waals surface area contributed by atoms with Crippen molar-refractivity contribution in [1.82, 2.24) is 5.43 Å². The highest BCUT2D eigenvalue weighted by atomic mass is 19.1. The van der Waals surface area contributed by atoms with Crippen molar-refractivity contribution >= 4 is 24.2 Å². The van der Waals surface area contributed by atoms with Crippen LogP contribution in [0.25, 0.3) is 6.08 Å². The Morgan fingerprint density at radius 1 is 0.935 bits per heavy atom. The van der Waals surface area contributed by atoms with Crippen LogP contribution in [0, 0.1) is 5.82 Å². The first kappa shape index (κ1) is 21.4. The van der Waals surface area contributed by atoms with E-state index in [4.69, 9.17) is 9.47 Å². The zero-order chi connectivity index (χ0) is 22.1. The summed E-state index contributed by atoms with van der Waals surface area (Å²) in [6.45, 7) is 0. The largest absolute Gasteiger partial charge is 0.493 e. The molecule has 3 rings (SSSR count). The number of esters is 1. The molecule has 0 saturated heterocycles. The van der Waals surface area contributed by atoms with Gasteiger partial charge in [0, 0.05) is 11.6 Å². The number of ether oxygens (including phenoxy) is 2. The normalized spacial score (nSPS) is 10.9. The summed E-state index contributed by atoms with van der Waals surface area (Å²) in [6, 6.07) is 19.3. The van der Waals surface area contributed by atoms with Gasteiger partial charge in [0.25, 0.3) is 5.91 Å². The van der Waals surface area contributed by atoms with E-state index in [1.165, 1.54) is 43.7 Å². The highest BCUT2D eigenvalue weighted by molar-refractivity contribution is 5.95. The van der Waals surface area contributed by atoms with Crippen molar-refractivity contribution in [2.75, 3.05) is 7.11 Å². The number of nitrogens with one attached hydrogen (secondary N) is 1. The highest BCUT2D eigenvalue weighted by Crippen LogP contribution is 2.27. The molecule has 0 aliphatic heterocycles. The summed E-state index contributed by atoms with van der Waals surface area (Å²) in [5, 5.41) is 3.88. The number of amides is 1. The van der Waals surface area contributed by atoms with Gasteiger partial charge >= 0.3 is 5.97 Å². The lowest BCUT2D eigenvalue weighted by Gasteiger charge is -2.08. The Kier molecular flexibility index (Phi) is 7.26. The molecule has 0 heterocycles. The molecule has 0 aliphatic carbocycles. The Hall–Kier alpha value is -4.26. The Balaban J connectivity index is 1.61. The number of halogens is 1. The lowest BCUT2D eigenvalue weighted by atomic mass is 10.2. The van der Waals surface area contributed by atoms with Crippen molar-refractivity contribution in [3.8, 4) is 11.5 Å². The molecule has 6 nitrogen and oxygen atoms in total. The van der Waals surface area contributed by atoms with Gasteiger partial charge in [-0.25, -0.2) is 14.6 Å². The first-order valence-electron chi connectivity index (χ1n) is 9.27. The molecule has 7 heteroatoms. The van der Waals surface area contributed by atoms with Gasteiger partial charge in [-0.15, -0.1) is 0 Å². The molecule has 1 amide bonds. The van der Waals surface area contributed by atoms with E-state index in [0.717, 1.165) is 5.56 Å². The second-order valence-electron chi connectivity index (χ2n) is 6.28. The Labute approximate surface area is 178 Å². The number of carbonyl (C=O) groups excluding carboxylic acids is 2. The maximum absolute atomic E-state index is 12.9. The van der Waals surface area contributed by atoms with Gasteiger partial charge in [0.15, 0.2) is 11.5 Å². The van der Waals surface area contributed by atoms with Crippen LogP contribution in [-0.2, 0) is 4.79 Å². The fraction of sp³-hybridized carbons (Fsp3) is 0.0417. The van der Waals surface area contributed by atoms with E-state index in [1.807, 2.05) is 30.3 Å². The number of methoxy groups -OCH3 is 1. The van der Waals surface area contributed by atoms with Crippen molar-refractivity contribution in [1.29, 1.82) is 0 Å². The molecule has 156 valence electrons. The molecule has 31 heavy (non-hydrogen) atoms. The van der Waals surface area contributed by atoms with Crippen LogP contribution in [0.2, 0.25) is 0 Å². The molecule has 0 aromatic heterocycles. The monoisotopic (exact) mass is 418 g/mol. The minimum absolute atomic E-state index is 0.248. The van der Waals surface area contributed by atoms with E-state index < -0.39 is 17.7 Å². The summed E-state index contributed by atoms with van der Waals surface area (Å²) in [4.78, 5) is 24.1. The standard InChI is InChI=1S/C24H19FN2O4/c1-30-22-15-18(16-26-27-24(29)19-9-11-20(25)12-10-19)7-13-21(22)31-23(28)14-8-17-5-3-2-4-6-17/h2-16H,1H3,(H,27,29)/b14-8+,26-16+. The molecule has 0 bridgehead atoms. The van der Waals surface area contributed by atoms with Crippen molar-refractivity contribution in [2.24, 2.45) is 5.10 Å². The number of nitrogens with zero attached hydrogens (tertiary/aromatic N) is 1. The van der Waals surface area contributed by atoms with Crippen LogP contribution in [0.4, 0.5) is 4.39 Å². The quantitative estimate of drug-likeness (QED) is 0.205.